The van der Waals surface area contributed by atoms with Gasteiger partial charge < -0.3 is 5.73 Å². The van der Waals surface area contributed by atoms with Gasteiger partial charge in [-0.05, 0) is 30.7 Å². The van der Waals surface area contributed by atoms with Crippen LogP contribution < -0.4 is 10.5 Å². The monoisotopic (exact) mass is 341 g/mol. The molecule has 0 unspecified atom stereocenters. The lowest BCUT2D eigenvalue weighted by Crippen LogP contribution is -2.15. The summed E-state index contributed by atoms with van der Waals surface area (Å²) in [5, 5.41) is 0. The Morgan fingerprint density at radius 3 is 2.74 bits per heavy atom. The number of pyridine rings is 1. The van der Waals surface area contributed by atoms with Crippen LogP contribution in [0, 0.1) is 6.92 Å². The van der Waals surface area contributed by atoms with Gasteiger partial charge in [0.1, 0.15) is 4.90 Å². The minimum Gasteiger partial charge on any atom is -0.398 e. The van der Waals surface area contributed by atoms with Crippen LogP contribution in [0.25, 0.3) is 0 Å². The number of hydrogen-bond acceptors (Lipinski definition) is 4. The molecule has 0 spiro atoms. The first-order valence-electron chi connectivity index (χ1n) is 5.38. The first kappa shape index (κ1) is 13.8. The highest BCUT2D eigenvalue weighted by atomic mass is 79.9. The molecule has 5 nitrogen and oxygen atoms in total. The standard InChI is InChI=1S/C12H12BrN3O2S/c1-8-2-3-9(13)6-11(8)16-19(17,18)12-7-15-5-4-10(12)14/h2-7,16H,1H3,(H2,14,15). The van der Waals surface area contributed by atoms with E-state index in [1.165, 1.54) is 18.5 Å². The maximum Gasteiger partial charge on any atom is 0.265 e. The van der Waals surface area contributed by atoms with Gasteiger partial charge in [0.15, 0.2) is 0 Å². The lowest BCUT2D eigenvalue weighted by molar-refractivity contribution is 0.601. The molecule has 0 aliphatic heterocycles. The van der Waals surface area contributed by atoms with Gasteiger partial charge >= 0.3 is 0 Å². The molecule has 0 fully saturated rings. The smallest absolute Gasteiger partial charge is 0.265 e. The van der Waals surface area contributed by atoms with Crippen LogP contribution in [0.2, 0.25) is 0 Å². The van der Waals surface area contributed by atoms with E-state index in [1.54, 1.807) is 6.07 Å². The first-order valence-corrected chi connectivity index (χ1v) is 7.66. The summed E-state index contributed by atoms with van der Waals surface area (Å²) in [5.41, 5.74) is 7.13. The quantitative estimate of drug-likeness (QED) is 0.898. The van der Waals surface area contributed by atoms with Crippen molar-refractivity contribution in [2.24, 2.45) is 0 Å². The predicted octanol–water partition coefficient (Wildman–Crippen LogP) is 2.54. The minimum absolute atomic E-state index is 0.0330. The van der Waals surface area contributed by atoms with Gasteiger partial charge in [0.05, 0.1) is 11.4 Å². The van der Waals surface area contributed by atoms with Gasteiger partial charge in [0.2, 0.25) is 0 Å². The number of nitrogens with one attached hydrogen (secondary N) is 1. The molecule has 0 aliphatic carbocycles. The van der Waals surface area contributed by atoms with Gasteiger partial charge in [-0.25, -0.2) is 8.42 Å². The van der Waals surface area contributed by atoms with Crippen LogP contribution in [-0.2, 0) is 10.0 Å². The summed E-state index contributed by atoms with van der Waals surface area (Å²) < 4.78 is 27.8. The zero-order valence-electron chi connectivity index (χ0n) is 10.1. The average Bonchev–Trinajstić information content (AvgIpc) is 2.34. The van der Waals surface area contributed by atoms with Gasteiger partial charge in [0.25, 0.3) is 10.0 Å². The van der Waals surface area contributed by atoms with Gasteiger partial charge in [-0.1, -0.05) is 22.0 Å². The fourth-order valence-corrected chi connectivity index (χ4v) is 3.08. The van der Waals surface area contributed by atoms with Crippen molar-refractivity contribution in [3.8, 4) is 0 Å². The lowest BCUT2D eigenvalue weighted by atomic mass is 10.2. The van der Waals surface area contributed by atoms with Gasteiger partial charge in [-0.3, -0.25) is 9.71 Å². The minimum atomic E-state index is -3.74. The van der Waals surface area contributed by atoms with E-state index in [0.717, 1.165) is 10.0 Å². The Balaban J connectivity index is 2.43. The first-order chi connectivity index (χ1) is 8.90. The van der Waals surface area contributed by atoms with E-state index in [4.69, 9.17) is 5.73 Å². The summed E-state index contributed by atoms with van der Waals surface area (Å²) in [7, 11) is -3.74. The van der Waals surface area contributed by atoms with Crippen LogP contribution in [0.4, 0.5) is 11.4 Å². The van der Waals surface area contributed by atoms with E-state index in [1.807, 2.05) is 19.1 Å². The number of nitrogens with two attached hydrogens (primary N) is 1. The molecule has 2 aromatic rings. The number of aryl methyl sites for hydroxylation is 1. The van der Waals surface area contributed by atoms with Gasteiger partial charge in [-0.15, -0.1) is 0 Å². The van der Waals surface area contributed by atoms with Crippen LogP contribution in [-0.4, -0.2) is 13.4 Å². The van der Waals surface area contributed by atoms with Gasteiger partial charge in [0, 0.05) is 16.9 Å². The van der Waals surface area contributed by atoms with E-state index in [2.05, 4.69) is 25.6 Å². The Labute approximate surface area is 120 Å². The molecule has 100 valence electrons. The Hall–Kier alpha value is -1.60. The Bertz CT molecular complexity index is 717. The molecule has 0 atom stereocenters. The van der Waals surface area contributed by atoms with Crippen LogP contribution >= 0.6 is 15.9 Å². The molecule has 1 aromatic heterocycles. The maximum atomic E-state index is 12.2. The molecule has 0 amide bonds. The largest absolute Gasteiger partial charge is 0.398 e. The van der Waals surface area contributed by atoms with Crippen molar-refractivity contribution < 1.29 is 8.42 Å². The molecule has 19 heavy (non-hydrogen) atoms. The Morgan fingerprint density at radius 2 is 2.05 bits per heavy atom. The summed E-state index contributed by atoms with van der Waals surface area (Å²) in [5.74, 6) is 0. The topological polar surface area (TPSA) is 85.1 Å². The number of nitrogens with zero attached hydrogens (tertiary/aromatic N) is 1. The number of benzene rings is 1. The third-order valence-electron chi connectivity index (χ3n) is 2.55. The molecule has 1 aromatic carbocycles. The molecule has 1 heterocycles. The fraction of sp³-hybridized carbons (Fsp3) is 0.0833. The van der Waals surface area contributed by atoms with Crippen molar-refractivity contribution in [3.63, 3.8) is 0 Å². The number of nitrogen functional groups attached to an aromatic ring is 1. The van der Waals surface area contributed by atoms with Crippen molar-refractivity contribution in [1.82, 2.24) is 4.98 Å². The van der Waals surface area contributed by atoms with Crippen molar-refractivity contribution in [2.45, 2.75) is 11.8 Å². The third-order valence-corrected chi connectivity index (χ3v) is 4.45. The normalized spacial score (nSPS) is 11.3. The lowest BCUT2D eigenvalue weighted by Gasteiger charge is -2.12. The highest BCUT2D eigenvalue weighted by Crippen LogP contribution is 2.25. The predicted molar refractivity (Wildman–Crippen MR) is 78.3 cm³/mol. The van der Waals surface area contributed by atoms with Crippen LogP contribution in [0.15, 0.2) is 46.0 Å². The maximum absolute atomic E-state index is 12.2. The van der Waals surface area contributed by atoms with Crippen LogP contribution in [0.3, 0.4) is 0 Å². The summed E-state index contributed by atoms with van der Waals surface area (Å²) in [6.45, 7) is 1.82. The number of hydrogen-bond donors (Lipinski definition) is 2. The van der Waals surface area contributed by atoms with E-state index in [-0.39, 0.29) is 10.6 Å². The van der Waals surface area contributed by atoms with Crippen molar-refractivity contribution >= 4 is 37.3 Å². The van der Waals surface area contributed by atoms with Crippen LogP contribution in [0.1, 0.15) is 5.56 Å². The molecule has 0 aliphatic rings. The number of anilines is 2. The second kappa shape index (κ2) is 5.18. The summed E-state index contributed by atoms with van der Waals surface area (Å²) in [4.78, 5) is 3.75. The zero-order chi connectivity index (χ0) is 14.0. The molecular formula is C12H12BrN3O2S. The summed E-state index contributed by atoms with van der Waals surface area (Å²) >= 11 is 3.30. The molecule has 0 radical (unpaired) electrons. The van der Waals surface area contributed by atoms with Crippen molar-refractivity contribution in [1.29, 1.82) is 0 Å². The van der Waals surface area contributed by atoms with E-state index < -0.39 is 10.0 Å². The second-order valence-corrected chi connectivity index (χ2v) is 6.54. The van der Waals surface area contributed by atoms with Crippen molar-refractivity contribution in [2.75, 3.05) is 10.5 Å². The number of aromatic nitrogens is 1. The molecule has 7 heteroatoms. The fourth-order valence-electron chi connectivity index (χ4n) is 1.52. The number of halogens is 1. The molecular weight excluding hydrogens is 330 g/mol. The Morgan fingerprint density at radius 1 is 1.32 bits per heavy atom. The Kier molecular flexibility index (Phi) is 3.77. The molecule has 2 rings (SSSR count). The van der Waals surface area contributed by atoms with Crippen LogP contribution in [0.5, 0.6) is 0 Å². The zero-order valence-corrected chi connectivity index (χ0v) is 12.5. The molecule has 0 saturated heterocycles. The molecule has 3 N–H and O–H groups in total. The number of rotatable bonds is 3. The SMILES string of the molecule is Cc1ccc(Br)cc1NS(=O)(=O)c1cnccc1N. The second-order valence-electron chi connectivity index (χ2n) is 3.98. The highest BCUT2D eigenvalue weighted by Gasteiger charge is 2.18. The van der Waals surface area contributed by atoms with Gasteiger partial charge in [-0.2, -0.15) is 0 Å². The number of sulfonamides is 1. The summed E-state index contributed by atoms with van der Waals surface area (Å²) in [6.07, 6.45) is 2.67. The third kappa shape index (κ3) is 3.05. The molecule has 0 saturated carbocycles. The summed E-state index contributed by atoms with van der Waals surface area (Å²) in [6, 6.07) is 6.79. The molecule has 0 bridgehead atoms. The highest BCUT2D eigenvalue weighted by molar-refractivity contribution is 9.10. The van der Waals surface area contributed by atoms with E-state index >= 15 is 0 Å². The van der Waals surface area contributed by atoms with E-state index in [9.17, 15) is 8.42 Å². The average molecular weight is 342 g/mol. The van der Waals surface area contributed by atoms with E-state index in [0.29, 0.717) is 5.69 Å². The van der Waals surface area contributed by atoms with Crippen molar-refractivity contribution in [3.05, 3.63) is 46.7 Å².